The Labute approximate surface area is 171 Å². The van der Waals surface area contributed by atoms with Crippen LogP contribution in [-0.2, 0) is 14.3 Å². The number of nitrogens with one attached hydrogen (secondary N) is 3. The van der Waals surface area contributed by atoms with Crippen LogP contribution in [0.3, 0.4) is 0 Å². The quantitative estimate of drug-likeness (QED) is 0.307. The molecule has 1 aliphatic heterocycles. The van der Waals surface area contributed by atoms with E-state index in [2.05, 4.69) is 15.3 Å². The average molecular weight is 408 g/mol. The summed E-state index contributed by atoms with van der Waals surface area (Å²) < 4.78 is 5.42. The van der Waals surface area contributed by atoms with Crippen LogP contribution in [0.4, 0.5) is 11.4 Å². The van der Waals surface area contributed by atoms with E-state index in [1.54, 1.807) is 48.8 Å². The van der Waals surface area contributed by atoms with Gasteiger partial charge in [0.05, 0.1) is 24.0 Å². The SMILES string of the molecule is N=C(N)c1ccc(NC(=O)[C@H](O)[C@H]2OCCN(c3ccc4nc[nH]c4c3)C2=O)cc1. The Morgan fingerprint density at radius 3 is 2.83 bits per heavy atom. The molecule has 154 valence electrons. The Balaban J connectivity index is 1.47. The lowest BCUT2D eigenvalue weighted by atomic mass is 10.1. The number of aliphatic hydroxyl groups excluding tert-OH is 1. The zero-order chi connectivity index (χ0) is 21.3. The molecule has 4 rings (SSSR count). The van der Waals surface area contributed by atoms with Gasteiger partial charge in [-0.25, -0.2) is 4.98 Å². The predicted molar refractivity (Wildman–Crippen MR) is 110 cm³/mol. The predicted octanol–water partition coefficient (Wildman–Crippen LogP) is 0.578. The molecule has 6 N–H and O–H groups in total. The molecule has 2 aromatic carbocycles. The first-order valence-corrected chi connectivity index (χ1v) is 9.23. The maximum atomic E-state index is 12.9. The Bertz CT molecular complexity index is 1110. The van der Waals surface area contributed by atoms with Gasteiger partial charge in [0, 0.05) is 23.5 Å². The number of amides is 2. The molecule has 10 heteroatoms. The number of aromatic amines is 1. The van der Waals surface area contributed by atoms with Crippen molar-refractivity contribution in [3.05, 3.63) is 54.4 Å². The van der Waals surface area contributed by atoms with Crippen molar-refractivity contribution < 1.29 is 19.4 Å². The molecule has 0 aliphatic carbocycles. The molecule has 0 unspecified atom stereocenters. The van der Waals surface area contributed by atoms with E-state index in [0.29, 0.717) is 23.5 Å². The third-order valence-electron chi connectivity index (χ3n) is 4.86. The molecule has 0 radical (unpaired) electrons. The summed E-state index contributed by atoms with van der Waals surface area (Å²) in [5.74, 6) is -1.37. The van der Waals surface area contributed by atoms with Crippen molar-refractivity contribution in [3.8, 4) is 0 Å². The molecule has 1 fully saturated rings. The van der Waals surface area contributed by atoms with Gasteiger partial charge in [0.15, 0.2) is 12.2 Å². The summed E-state index contributed by atoms with van der Waals surface area (Å²) in [6.07, 6.45) is -1.45. The van der Waals surface area contributed by atoms with E-state index in [1.807, 2.05) is 0 Å². The number of fused-ring (bicyclic) bond motifs is 1. The molecule has 10 nitrogen and oxygen atoms in total. The minimum absolute atomic E-state index is 0.0949. The Kier molecular flexibility index (Phi) is 5.17. The zero-order valence-electron chi connectivity index (χ0n) is 15.8. The summed E-state index contributed by atoms with van der Waals surface area (Å²) in [5.41, 5.74) is 8.47. The van der Waals surface area contributed by atoms with Gasteiger partial charge in [-0.1, -0.05) is 0 Å². The van der Waals surface area contributed by atoms with Gasteiger partial charge in [0.25, 0.3) is 11.8 Å². The van der Waals surface area contributed by atoms with E-state index in [9.17, 15) is 14.7 Å². The molecule has 0 saturated carbocycles. The first kappa shape index (κ1) is 19.6. The van der Waals surface area contributed by atoms with Crippen molar-refractivity contribution in [2.24, 2.45) is 5.73 Å². The highest BCUT2D eigenvalue weighted by molar-refractivity contribution is 6.04. The van der Waals surface area contributed by atoms with Gasteiger partial charge in [0.1, 0.15) is 5.84 Å². The molecule has 2 heterocycles. The van der Waals surface area contributed by atoms with Crippen molar-refractivity contribution >= 4 is 40.1 Å². The van der Waals surface area contributed by atoms with E-state index in [-0.39, 0.29) is 12.4 Å². The lowest BCUT2D eigenvalue weighted by Gasteiger charge is -2.34. The summed E-state index contributed by atoms with van der Waals surface area (Å²) in [6, 6.07) is 11.6. The largest absolute Gasteiger partial charge is 0.384 e. The van der Waals surface area contributed by atoms with Gasteiger partial charge in [0.2, 0.25) is 0 Å². The van der Waals surface area contributed by atoms with Crippen molar-refractivity contribution in [1.82, 2.24) is 9.97 Å². The topological polar surface area (TPSA) is 157 Å². The number of benzene rings is 2. The second-order valence-electron chi connectivity index (χ2n) is 6.81. The second-order valence-corrected chi connectivity index (χ2v) is 6.81. The van der Waals surface area contributed by atoms with Gasteiger partial charge < -0.3 is 30.8 Å². The van der Waals surface area contributed by atoms with Gasteiger partial charge >= 0.3 is 0 Å². The molecule has 30 heavy (non-hydrogen) atoms. The molecule has 2 atom stereocenters. The number of carbonyl (C=O) groups excluding carboxylic acids is 2. The van der Waals surface area contributed by atoms with Crippen LogP contribution in [0.25, 0.3) is 11.0 Å². The van der Waals surface area contributed by atoms with E-state index in [1.165, 1.54) is 4.90 Å². The first-order chi connectivity index (χ1) is 14.4. The summed E-state index contributed by atoms with van der Waals surface area (Å²) in [6.45, 7) is 0.477. The molecule has 1 aromatic heterocycles. The van der Waals surface area contributed by atoms with E-state index in [0.717, 1.165) is 11.0 Å². The Morgan fingerprint density at radius 1 is 1.33 bits per heavy atom. The van der Waals surface area contributed by atoms with Crippen molar-refractivity contribution in [3.63, 3.8) is 0 Å². The number of nitrogens with zero attached hydrogens (tertiary/aromatic N) is 2. The third kappa shape index (κ3) is 3.73. The lowest BCUT2D eigenvalue weighted by molar-refractivity contribution is -0.150. The van der Waals surface area contributed by atoms with Crippen LogP contribution in [0.15, 0.2) is 48.8 Å². The van der Waals surface area contributed by atoms with Crippen LogP contribution in [0.1, 0.15) is 5.56 Å². The fraction of sp³-hybridized carbons (Fsp3) is 0.200. The number of amidine groups is 1. The minimum Gasteiger partial charge on any atom is -0.384 e. The van der Waals surface area contributed by atoms with Crippen molar-refractivity contribution in [1.29, 1.82) is 5.41 Å². The number of morpholine rings is 1. The molecule has 1 aliphatic rings. The number of carbonyl (C=O) groups is 2. The maximum Gasteiger partial charge on any atom is 0.259 e. The molecule has 2 amide bonds. The van der Waals surface area contributed by atoms with Crippen LogP contribution in [0.5, 0.6) is 0 Å². The number of nitrogens with two attached hydrogens (primary N) is 1. The Hall–Kier alpha value is -3.76. The van der Waals surface area contributed by atoms with E-state index < -0.39 is 24.0 Å². The second kappa shape index (κ2) is 7.93. The van der Waals surface area contributed by atoms with Crippen LogP contribution in [0.2, 0.25) is 0 Å². The van der Waals surface area contributed by atoms with Crippen LogP contribution < -0.4 is 16.0 Å². The van der Waals surface area contributed by atoms with Gasteiger partial charge in [-0.2, -0.15) is 0 Å². The number of aliphatic hydroxyl groups is 1. The lowest BCUT2D eigenvalue weighted by Crippen LogP contribution is -2.55. The summed E-state index contributed by atoms with van der Waals surface area (Å²) >= 11 is 0. The molecule has 1 saturated heterocycles. The standard InChI is InChI=1S/C20H20N6O4/c21-18(22)11-1-3-12(4-2-11)25-19(28)16(27)17-20(29)26(7-8-30-17)13-5-6-14-15(9-13)24-10-23-14/h1-6,9-10,16-17,27H,7-8H2,(H3,21,22)(H,23,24)(H,25,28)/t16-,17-/m1/s1. The highest BCUT2D eigenvalue weighted by atomic mass is 16.5. The van der Waals surface area contributed by atoms with Gasteiger partial charge in [-0.3, -0.25) is 15.0 Å². The van der Waals surface area contributed by atoms with Crippen LogP contribution in [-0.4, -0.2) is 58.1 Å². The normalized spacial score (nSPS) is 17.7. The first-order valence-electron chi connectivity index (χ1n) is 9.23. The minimum atomic E-state index is -1.69. The maximum absolute atomic E-state index is 12.9. The fourth-order valence-electron chi connectivity index (χ4n) is 3.27. The van der Waals surface area contributed by atoms with Gasteiger partial charge in [-0.05, 0) is 42.5 Å². The number of H-pyrrole nitrogens is 1. The monoisotopic (exact) mass is 408 g/mol. The smallest absolute Gasteiger partial charge is 0.259 e. The summed E-state index contributed by atoms with van der Waals surface area (Å²) in [7, 11) is 0. The molecule has 0 spiro atoms. The van der Waals surface area contributed by atoms with Crippen LogP contribution >= 0.6 is 0 Å². The molecular weight excluding hydrogens is 388 g/mol. The number of anilines is 2. The number of imidazole rings is 1. The van der Waals surface area contributed by atoms with E-state index >= 15 is 0 Å². The highest BCUT2D eigenvalue weighted by Gasteiger charge is 2.39. The summed E-state index contributed by atoms with van der Waals surface area (Å²) in [4.78, 5) is 34.0. The number of ether oxygens (including phenoxy) is 1. The zero-order valence-corrected chi connectivity index (χ0v) is 15.8. The highest BCUT2D eigenvalue weighted by Crippen LogP contribution is 2.24. The van der Waals surface area contributed by atoms with Crippen molar-refractivity contribution in [2.45, 2.75) is 12.2 Å². The number of aromatic nitrogens is 2. The number of rotatable bonds is 5. The number of hydrogen-bond acceptors (Lipinski definition) is 6. The molecule has 3 aromatic rings. The number of nitrogen functional groups attached to an aromatic ring is 1. The van der Waals surface area contributed by atoms with Crippen LogP contribution in [0, 0.1) is 5.41 Å². The number of hydrogen-bond donors (Lipinski definition) is 5. The third-order valence-corrected chi connectivity index (χ3v) is 4.86. The molecule has 0 bridgehead atoms. The Morgan fingerprint density at radius 2 is 2.10 bits per heavy atom. The van der Waals surface area contributed by atoms with E-state index in [4.69, 9.17) is 15.9 Å². The van der Waals surface area contributed by atoms with Crippen molar-refractivity contribution in [2.75, 3.05) is 23.4 Å². The van der Waals surface area contributed by atoms with Gasteiger partial charge in [-0.15, -0.1) is 0 Å². The average Bonchev–Trinajstić information content (AvgIpc) is 3.21. The fourth-order valence-corrected chi connectivity index (χ4v) is 3.27. The molecular formula is C20H20N6O4. The summed E-state index contributed by atoms with van der Waals surface area (Å²) in [5, 5.41) is 20.4.